The number of anilines is 1. The third-order valence-corrected chi connectivity index (χ3v) is 6.58. The second-order valence-electron chi connectivity index (χ2n) is 6.29. The number of nitrogens with zero attached hydrogens (tertiary/aromatic N) is 1. The van der Waals surface area contributed by atoms with Crippen LogP contribution in [0, 0.1) is 6.92 Å². The van der Waals surface area contributed by atoms with Crippen LogP contribution in [0.4, 0.5) is 5.69 Å². The van der Waals surface area contributed by atoms with Crippen molar-refractivity contribution in [2.24, 2.45) is 0 Å². The largest absolute Gasteiger partial charge is 0.484 e. The number of halogens is 1. The molecule has 0 aliphatic carbocycles. The van der Waals surface area contributed by atoms with Crippen molar-refractivity contribution in [2.45, 2.75) is 11.8 Å². The molecule has 2 aromatic carbocycles. The Morgan fingerprint density at radius 1 is 1.18 bits per heavy atom. The van der Waals surface area contributed by atoms with Gasteiger partial charge in [-0.3, -0.25) is 4.79 Å². The first-order valence-corrected chi connectivity index (χ1v) is 10.5. The molecule has 1 heterocycles. The minimum Gasteiger partial charge on any atom is -0.484 e. The Morgan fingerprint density at radius 2 is 1.86 bits per heavy atom. The van der Waals surface area contributed by atoms with Crippen LogP contribution in [0.25, 0.3) is 0 Å². The van der Waals surface area contributed by atoms with Crippen LogP contribution >= 0.6 is 11.6 Å². The summed E-state index contributed by atoms with van der Waals surface area (Å²) in [5, 5.41) is 3.26. The van der Waals surface area contributed by atoms with E-state index in [4.69, 9.17) is 21.1 Å². The lowest BCUT2D eigenvalue weighted by atomic mass is 10.2. The van der Waals surface area contributed by atoms with Crippen molar-refractivity contribution < 1.29 is 22.7 Å². The minimum absolute atomic E-state index is 0.181. The number of benzene rings is 2. The van der Waals surface area contributed by atoms with E-state index in [0.717, 1.165) is 5.56 Å². The Hall–Kier alpha value is -2.13. The summed E-state index contributed by atoms with van der Waals surface area (Å²) in [5.74, 6) is 0.0583. The molecule has 0 atom stereocenters. The van der Waals surface area contributed by atoms with E-state index in [9.17, 15) is 13.2 Å². The molecule has 9 heteroatoms. The van der Waals surface area contributed by atoms with Crippen LogP contribution in [0.15, 0.2) is 47.4 Å². The molecule has 0 aromatic heterocycles. The van der Waals surface area contributed by atoms with Gasteiger partial charge in [0.1, 0.15) is 5.75 Å². The number of nitrogens with one attached hydrogen (secondary N) is 1. The van der Waals surface area contributed by atoms with Crippen molar-refractivity contribution in [1.29, 1.82) is 0 Å². The third-order valence-electron chi connectivity index (χ3n) is 4.26. The zero-order valence-electron chi connectivity index (χ0n) is 15.4. The maximum atomic E-state index is 12.6. The van der Waals surface area contributed by atoms with Gasteiger partial charge >= 0.3 is 0 Å². The fraction of sp³-hybridized carbons (Fsp3) is 0.316. The molecule has 0 unspecified atom stereocenters. The van der Waals surface area contributed by atoms with Gasteiger partial charge in [0.2, 0.25) is 10.0 Å². The molecule has 1 saturated heterocycles. The summed E-state index contributed by atoms with van der Waals surface area (Å²) in [4.78, 5) is 12.2. The number of hydrogen-bond acceptors (Lipinski definition) is 5. The molecule has 1 fully saturated rings. The van der Waals surface area contributed by atoms with Crippen LogP contribution in [-0.4, -0.2) is 51.5 Å². The highest BCUT2D eigenvalue weighted by Gasteiger charge is 2.26. The van der Waals surface area contributed by atoms with Crippen LogP contribution < -0.4 is 10.1 Å². The standard InChI is InChI=1S/C19H21ClN2O5S/c1-14-2-3-15(12-18(14)20)21-19(23)13-27-16-4-6-17(7-5-16)28(24,25)22-8-10-26-11-9-22/h2-7,12H,8-11,13H2,1H3,(H,21,23). The van der Waals surface area contributed by atoms with E-state index in [1.807, 2.05) is 13.0 Å². The molecule has 28 heavy (non-hydrogen) atoms. The monoisotopic (exact) mass is 424 g/mol. The van der Waals surface area contributed by atoms with Crippen molar-refractivity contribution in [3.05, 3.63) is 53.1 Å². The van der Waals surface area contributed by atoms with Gasteiger partial charge in [0.25, 0.3) is 5.91 Å². The number of ether oxygens (including phenoxy) is 2. The number of morpholine rings is 1. The Morgan fingerprint density at radius 3 is 2.50 bits per heavy atom. The Labute approximate surface area is 169 Å². The molecule has 1 aliphatic heterocycles. The van der Waals surface area contributed by atoms with Gasteiger partial charge in [-0.2, -0.15) is 4.31 Å². The maximum absolute atomic E-state index is 12.6. The van der Waals surface area contributed by atoms with Gasteiger partial charge in [-0.25, -0.2) is 8.42 Å². The summed E-state index contributed by atoms with van der Waals surface area (Å²) in [6, 6.07) is 11.2. The van der Waals surface area contributed by atoms with Crippen LogP contribution in [0.2, 0.25) is 5.02 Å². The summed E-state index contributed by atoms with van der Waals surface area (Å²) in [7, 11) is -3.55. The Kier molecular flexibility index (Phi) is 6.56. The predicted octanol–water partition coefficient (Wildman–Crippen LogP) is 2.69. The number of sulfonamides is 1. The molecule has 2 aromatic rings. The number of carbonyl (C=O) groups is 1. The molecular weight excluding hydrogens is 404 g/mol. The van der Waals surface area contributed by atoms with Crippen LogP contribution in [0.5, 0.6) is 5.75 Å². The fourth-order valence-electron chi connectivity index (χ4n) is 2.66. The van der Waals surface area contributed by atoms with Crippen molar-refractivity contribution in [2.75, 3.05) is 38.2 Å². The summed E-state index contributed by atoms with van der Waals surface area (Å²) in [6.07, 6.45) is 0. The lowest BCUT2D eigenvalue weighted by molar-refractivity contribution is -0.118. The second kappa shape index (κ2) is 8.91. The molecule has 0 spiro atoms. The molecular formula is C19H21ClN2O5S. The van der Waals surface area contributed by atoms with Crippen molar-refractivity contribution in [3.8, 4) is 5.75 Å². The molecule has 1 aliphatic rings. The summed E-state index contributed by atoms with van der Waals surface area (Å²) in [5.41, 5.74) is 1.50. The molecule has 3 rings (SSSR count). The van der Waals surface area contributed by atoms with Gasteiger partial charge in [-0.15, -0.1) is 0 Å². The first-order chi connectivity index (χ1) is 13.4. The summed E-state index contributed by atoms with van der Waals surface area (Å²) < 4.78 is 37.2. The SMILES string of the molecule is Cc1ccc(NC(=O)COc2ccc(S(=O)(=O)N3CCOCC3)cc2)cc1Cl. The third kappa shape index (κ3) is 5.02. The molecule has 1 N–H and O–H groups in total. The Balaban J connectivity index is 1.56. The number of hydrogen-bond donors (Lipinski definition) is 1. The fourth-order valence-corrected chi connectivity index (χ4v) is 4.25. The molecule has 1 amide bonds. The maximum Gasteiger partial charge on any atom is 0.262 e. The first kappa shape index (κ1) is 20.6. The number of amides is 1. The topological polar surface area (TPSA) is 84.9 Å². The lowest BCUT2D eigenvalue weighted by Crippen LogP contribution is -2.40. The van der Waals surface area contributed by atoms with Gasteiger partial charge in [-0.05, 0) is 48.9 Å². The summed E-state index contributed by atoms with van der Waals surface area (Å²) in [6.45, 7) is 3.12. The zero-order chi connectivity index (χ0) is 20.1. The second-order valence-corrected chi connectivity index (χ2v) is 8.63. The highest BCUT2D eigenvalue weighted by atomic mass is 35.5. The average Bonchev–Trinajstić information content (AvgIpc) is 2.70. The average molecular weight is 425 g/mol. The van der Waals surface area contributed by atoms with E-state index in [2.05, 4.69) is 5.32 Å². The van der Waals surface area contributed by atoms with Gasteiger partial charge < -0.3 is 14.8 Å². The van der Waals surface area contributed by atoms with Crippen LogP contribution in [-0.2, 0) is 19.6 Å². The quantitative estimate of drug-likeness (QED) is 0.770. The van der Waals surface area contributed by atoms with E-state index < -0.39 is 10.0 Å². The van der Waals surface area contributed by atoms with Gasteiger partial charge in [-0.1, -0.05) is 17.7 Å². The summed E-state index contributed by atoms with van der Waals surface area (Å²) >= 11 is 6.04. The van der Waals surface area contributed by atoms with Crippen molar-refractivity contribution in [1.82, 2.24) is 4.31 Å². The normalized spacial score (nSPS) is 15.2. The molecule has 0 bridgehead atoms. The molecule has 0 saturated carbocycles. The molecule has 7 nitrogen and oxygen atoms in total. The lowest BCUT2D eigenvalue weighted by Gasteiger charge is -2.26. The zero-order valence-corrected chi connectivity index (χ0v) is 16.9. The van der Waals surface area contributed by atoms with Crippen molar-refractivity contribution >= 4 is 33.2 Å². The minimum atomic E-state index is -3.55. The van der Waals surface area contributed by atoms with E-state index in [-0.39, 0.29) is 17.4 Å². The van der Waals surface area contributed by atoms with E-state index >= 15 is 0 Å². The number of aryl methyl sites for hydroxylation is 1. The van der Waals surface area contributed by atoms with Gasteiger partial charge in [0.05, 0.1) is 18.1 Å². The molecule has 0 radical (unpaired) electrons. The molecule has 150 valence electrons. The first-order valence-electron chi connectivity index (χ1n) is 8.73. The van der Waals surface area contributed by atoms with Crippen molar-refractivity contribution in [3.63, 3.8) is 0 Å². The van der Waals surface area contributed by atoms with Gasteiger partial charge in [0, 0.05) is 23.8 Å². The smallest absolute Gasteiger partial charge is 0.262 e. The number of rotatable bonds is 6. The van der Waals surface area contributed by atoms with E-state index in [0.29, 0.717) is 42.8 Å². The predicted molar refractivity (Wildman–Crippen MR) is 106 cm³/mol. The van der Waals surface area contributed by atoms with Crippen LogP contribution in [0.3, 0.4) is 0 Å². The highest BCUT2D eigenvalue weighted by molar-refractivity contribution is 7.89. The van der Waals surface area contributed by atoms with E-state index in [1.165, 1.54) is 28.6 Å². The number of carbonyl (C=O) groups excluding carboxylic acids is 1. The van der Waals surface area contributed by atoms with Crippen LogP contribution in [0.1, 0.15) is 5.56 Å². The Bertz CT molecular complexity index is 941. The van der Waals surface area contributed by atoms with Gasteiger partial charge in [0.15, 0.2) is 6.61 Å². The van der Waals surface area contributed by atoms with E-state index in [1.54, 1.807) is 12.1 Å². The highest BCUT2D eigenvalue weighted by Crippen LogP contribution is 2.21.